The van der Waals surface area contributed by atoms with Crippen molar-refractivity contribution in [2.24, 2.45) is 11.8 Å². The molecule has 1 aromatic heterocycles. The van der Waals surface area contributed by atoms with Crippen molar-refractivity contribution in [3.63, 3.8) is 0 Å². The van der Waals surface area contributed by atoms with Crippen LogP contribution >= 0.6 is 0 Å². The van der Waals surface area contributed by atoms with Crippen LogP contribution < -0.4 is 0 Å². The molecule has 0 saturated carbocycles. The van der Waals surface area contributed by atoms with Crippen molar-refractivity contribution < 1.29 is 14.7 Å². The van der Waals surface area contributed by atoms with Crippen LogP contribution in [0.2, 0.25) is 0 Å². The number of allylic oxidation sites excluding steroid dienone is 2. The third-order valence-corrected chi connectivity index (χ3v) is 4.67. The molecule has 0 fully saturated rings. The third kappa shape index (κ3) is 3.46. The highest BCUT2D eigenvalue weighted by molar-refractivity contribution is 5.85. The molecular weight excluding hydrogens is 294 g/mol. The van der Waals surface area contributed by atoms with E-state index < -0.39 is 17.8 Å². The Morgan fingerprint density at radius 3 is 2.43 bits per heavy atom. The number of nitrogens with zero attached hydrogens (tertiary/aromatic N) is 3. The molecule has 0 radical (unpaired) electrons. The number of hydrogen-bond acceptors (Lipinski definition) is 3. The SMILES string of the molecule is CCn1nc(C)c(CN(C)C(=O)[C@H]2CC=CC[C@@H]2C(=O)O)c1C. The topological polar surface area (TPSA) is 75.4 Å². The quantitative estimate of drug-likeness (QED) is 0.844. The van der Waals surface area contributed by atoms with Crippen LogP contribution in [-0.4, -0.2) is 38.7 Å². The zero-order valence-electron chi connectivity index (χ0n) is 14.2. The first-order valence-electron chi connectivity index (χ1n) is 8.02. The van der Waals surface area contributed by atoms with Crippen molar-refractivity contribution in [2.75, 3.05) is 7.05 Å². The zero-order chi connectivity index (χ0) is 17.1. The summed E-state index contributed by atoms with van der Waals surface area (Å²) < 4.78 is 1.92. The Morgan fingerprint density at radius 2 is 1.91 bits per heavy atom. The predicted molar refractivity (Wildman–Crippen MR) is 86.8 cm³/mol. The van der Waals surface area contributed by atoms with Gasteiger partial charge in [0.25, 0.3) is 0 Å². The maximum atomic E-state index is 12.7. The Kier molecular flexibility index (Phi) is 5.23. The fourth-order valence-corrected chi connectivity index (χ4v) is 3.23. The summed E-state index contributed by atoms with van der Waals surface area (Å²) in [6.07, 6.45) is 4.67. The molecule has 6 nitrogen and oxygen atoms in total. The molecule has 23 heavy (non-hydrogen) atoms. The van der Waals surface area contributed by atoms with E-state index in [1.165, 1.54) is 0 Å². The molecule has 1 aliphatic carbocycles. The van der Waals surface area contributed by atoms with Crippen molar-refractivity contribution in [1.29, 1.82) is 0 Å². The average Bonchev–Trinajstić information content (AvgIpc) is 2.81. The summed E-state index contributed by atoms with van der Waals surface area (Å²) in [5.41, 5.74) is 3.02. The van der Waals surface area contributed by atoms with Gasteiger partial charge in [0, 0.05) is 31.4 Å². The van der Waals surface area contributed by atoms with E-state index in [2.05, 4.69) is 5.10 Å². The minimum absolute atomic E-state index is 0.107. The fraction of sp³-hybridized carbons (Fsp3) is 0.588. The number of aromatic nitrogens is 2. The number of carboxylic acids is 1. The number of aliphatic carboxylic acids is 1. The third-order valence-electron chi connectivity index (χ3n) is 4.67. The molecule has 0 saturated heterocycles. The lowest BCUT2D eigenvalue weighted by molar-refractivity contribution is -0.150. The van der Waals surface area contributed by atoms with Crippen molar-refractivity contribution >= 4 is 11.9 Å². The van der Waals surface area contributed by atoms with Crippen LogP contribution in [0.4, 0.5) is 0 Å². The molecule has 1 N–H and O–H groups in total. The predicted octanol–water partition coefficient (Wildman–Crippen LogP) is 2.15. The van der Waals surface area contributed by atoms with Crippen molar-refractivity contribution in [3.8, 4) is 0 Å². The summed E-state index contributed by atoms with van der Waals surface area (Å²) in [6.45, 7) is 7.22. The first-order chi connectivity index (χ1) is 10.9. The smallest absolute Gasteiger partial charge is 0.307 e. The molecular formula is C17H25N3O3. The Bertz CT molecular complexity index is 633. The normalized spacial score (nSPS) is 20.5. The maximum absolute atomic E-state index is 12.7. The average molecular weight is 319 g/mol. The Hall–Kier alpha value is -2.11. The molecule has 2 atom stereocenters. The standard InChI is InChI=1S/C17H25N3O3/c1-5-20-12(3)15(11(2)18-20)10-19(4)16(21)13-8-6-7-9-14(13)17(22)23/h6-7,13-14H,5,8-10H2,1-4H3,(H,22,23)/t13-,14-/m0/s1. The number of rotatable bonds is 5. The van der Waals surface area contributed by atoms with E-state index >= 15 is 0 Å². The van der Waals surface area contributed by atoms with Gasteiger partial charge in [-0.25, -0.2) is 0 Å². The highest BCUT2D eigenvalue weighted by Gasteiger charge is 2.35. The van der Waals surface area contributed by atoms with Crippen LogP contribution in [0.3, 0.4) is 0 Å². The van der Waals surface area contributed by atoms with Crippen LogP contribution in [0.5, 0.6) is 0 Å². The van der Waals surface area contributed by atoms with E-state index in [0.29, 0.717) is 19.4 Å². The lowest BCUT2D eigenvalue weighted by atomic mass is 9.82. The van der Waals surface area contributed by atoms with E-state index in [-0.39, 0.29) is 5.91 Å². The summed E-state index contributed by atoms with van der Waals surface area (Å²) >= 11 is 0. The van der Waals surface area contributed by atoms with Crippen LogP contribution in [0.25, 0.3) is 0 Å². The highest BCUT2D eigenvalue weighted by atomic mass is 16.4. The van der Waals surface area contributed by atoms with Gasteiger partial charge in [0.2, 0.25) is 5.91 Å². The lowest BCUT2D eigenvalue weighted by Gasteiger charge is -2.28. The number of carbonyl (C=O) groups excluding carboxylic acids is 1. The van der Waals surface area contributed by atoms with E-state index in [4.69, 9.17) is 0 Å². The molecule has 1 aromatic rings. The van der Waals surface area contributed by atoms with Crippen molar-refractivity contribution in [2.45, 2.75) is 46.7 Å². The molecule has 1 heterocycles. The monoisotopic (exact) mass is 319 g/mol. The van der Waals surface area contributed by atoms with Gasteiger partial charge < -0.3 is 10.0 Å². The van der Waals surface area contributed by atoms with Crippen molar-refractivity contribution in [3.05, 3.63) is 29.1 Å². The van der Waals surface area contributed by atoms with Crippen LogP contribution in [-0.2, 0) is 22.7 Å². The molecule has 0 spiro atoms. The van der Waals surface area contributed by atoms with Crippen LogP contribution in [0, 0.1) is 25.7 Å². The van der Waals surface area contributed by atoms with E-state index in [1.54, 1.807) is 11.9 Å². The van der Waals surface area contributed by atoms with Gasteiger partial charge >= 0.3 is 5.97 Å². The first kappa shape index (κ1) is 17.2. The molecule has 1 amide bonds. The fourth-order valence-electron chi connectivity index (χ4n) is 3.23. The van der Waals surface area contributed by atoms with Gasteiger partial charge in [-0.05, 0) is 33.6 Å². The Balaban J connectivity index is 2.15. The molecule has 1 aliphatic rings. The highest BCUT2D eigenvalue weighted by Crippen LogP contribution is 2.28. The van der Waals surface area contributed by atoms with Gasteiger partial charge in [-0.3, -0.25) is 14.3 Å². The van der Waals surface area contributed by atoms with E-state index in [0.717, 1.165) is 23.5 Å². The van der Waals surface area contributed by atoms with E-state index in [9.17, 15) is 14.7 Å². The van der Waals surface area contributed by atoms with Crippen LogP contribution in [0.15, 0.2) is 12.2 Å². The van der Waals surface area contributed by atoms with Crippen LogP contribution in [0.1, 0.15) is 36.7 Å². The molecule has 0 aliphatic heterocycles. The van der Waals surface area contributed by atoms with E-state index in [1.807, 2.05) is 37.6 Å². The van der Waals surface area contributed by atoms with Gasteiger partial charge in [0.15, 0.2) is 0 Å². The second-order valence-electron chi connectivity index (χ2n) is 6.15. The minimum atomic E-state index is -0.896. The number of carbonyl (C=O) groups is 2. The van der Waals surface area contributed by atoms with Gasteiger partial charge in [-0.2, -0.15) is 5.10 Å². The second-order valence-corrected chi connectivity index (χ2v) is 6.15. The summed E-state index contributed by atoms with van der Waals surface area (Å²) in [7, 11) is 1.74. The summed E-state index contributed by atoms with van der Waals surface area (Å²) in [5, 5.41) is 13.8. The Labute approximate surface area is 136 Å². The summed E-state index contributed by atoms with van der Waals surface area (Å²) in [5.74, 6) is -2.11. The Morgan fingerprint density at radius 1 is 1.30 bits per heavy atom. The lowest BCUT2D eigenvalue weighted by Crippen LogP contribution is -2.39. The number of carboxylic acid groups (broad SMARTS) is 1. The first-order valence-corrected chi connectivity index (χ1v) is 8.02. The number of aryl methyl sites for hydroxylation is 2. The minimum Gasteiger partial charge on any atom is -0.481 e. The zero-order valence-corrected chi connectivity index (χ0v) is 14.2. The van der Waals surface area contributed by atoms with Gasteiger partial charge in [-0.1, -0.05) is 12.2 Å². The largest absolute Gasteiger partial charge is 0.481 e. The molecule has 126 valence electrons. The molecule has 2 rings (SSSR count). The number of amides is 1. The van der Waals surface area contributed by atoms with Gasteiger partial charge in [0.1, 0.15) is 0 Å². The van der Waals surface area contributed by atoms with Gasteiger partial charge in [-0.15, -0.1) is 0 Å². The summed E-state index contributed by atoms with van der Waals surface area (Å²) in [6, 6.07) is 0. The molecule has 0 bridgehead atoms. The summed E-state index contributed by atoms with van der Waals surface area (Å²) in [4.78, 5) is 25.7. The van der Waals surface area contributed by atoms with Gasteiger partial charge in [0.05, 0.1) is 17.5 Å². The maximum Gasteiger partial charge on any atom is 0.307 e. The molecule has 0 unspecified atom stereocenters. The molecule has 6 heteroatoms. The molecule has 0 aromatic carbocycles. The number of hydrogen-bond donors (Lipinski definition) is 1. The second kappa shape index (κ2) is 6.98. The van der Waals surface area contributed by atoms with Crippen molar-refractivity contribution in [1.82, 2.24) is 14.7 Å².